The van der Waals surface area contributed by atoms with Crippen LogP contribution in [0.15, 0.2) is 29.9 Å². The molecule has 4 nitrogen and oxygen atoms in total. The van der Waals surface area contributed by atoms with Gasteiger partial charge in [-0.05, 0) is 11.4 Å². The summed E-state index contributed by atoms with van der Waals surface area (Å²) in [6, 6.07) is 4.03. The van der Waals surface area contributed by atoms with Crippen molar-refractivity contribution in [3.8, 4) is 10.7 Å². The van der Waals surface area contributed by atoms with Gasteiger partial charge in [0.15, 0.2) is 5.82 Å². The smallest absolute Gasteiger partial charge is 0.169 e. The summed E-state index contributed by atoms with van der Waals surface area (Å²) in [5.74, 6) is 0.792. The summed E-state index contributed by atoms with van der Waals surface area (Å²) < 4.78 is 4.96. The quantitative estimate of drug-likeness (QED) is 0.795. The van der Waals surface area contributed by atoms with Crippen LogP contribution in [0.2, 0.25) is 0 Å². The maximum atomic E-state index is 4.96. The van der Waals surface area contributed by atoms with Crippen LogP contribution in [0.1, 0.15) is 5.56 Å². The van der Waals surface area contributed by atoms with E-state index in [0.717, 1.165) is 29.4 Å². The summed E-state index contributed by atoms with van der Waals surface area (Å²) in [5, 5.41) is 5.28. The van der Waals surface area contributed by atoms with E-state index in [1.54, 1.807) is 18.4 Å². The lowest BCUT2D eigenvalue weighted by Gasteiger charge is -2.03. The highest BCUT2D eigenvalue weighted by molar-refractivity contribution is 7.13. The Balaban J connectivity index is 1.90. The largest absolute Gasteiger partial charge is 0.383 e. The number of hydrogen-bond donors (Lipinski definition) is 1. The average Bonchev–Trinajstić information content (AvgIpc) is 2.89. The van der Waals surface area contributed by atoms with Crippen LogP contribution in [0.4, 0.5) is 0 Å². The van der Waals surface area contributed by atoms with Crippen LogP contribution in [0.25, 0.3) is 10.7 Å². The van der Waals surface area contributed by atoms with E-state index >= 15 is 0 Å². The summed E-state index contributed by atoms with van der Waals surface area (Å²) in [6.07, 6.45) is 3.73. The second-order valence-electron chi connectivity index (χ2n) is 3.56. The van der Waals surface area contributed by atoms with Crippen LogP contribution >= 0.6 is 11.3 Å². The average molecular weight is 249 g/mol. The third-order valence-electron chi connectivity index (χ3n) is 2.26. The van der Waals surface area contributed by atoms with Gasteiger partial charge >= 0.3 is 0 Å². The molecular weight excluding hydrogens is 234 g/mol. The van der Waals surface area contributed by atoms with Crippen molar-refractivity contribution in [3.63, 3.8) is 0 Å². The Hall–Kier alpha value is -1.30. The molecule has 2 rings (SSSR count). The first kappa shape index (κ1) is 12.2. The molecule has 17 heavy (non-hydrogen) atoms. The van der Waals surface area contributed by atoms with Gasteiger partial charge in [-0.2, -0.15) is 0 Å². The number of methoxy groups -OCH3 is 1. The summed E-state index contributed by atoms with van der Waals surface area (Å²) in [6.45, 7) is 2.32. The third kappa shape index (κ3) is 3.59. The highest BCUT2D eigenvalue weighted by Gasteiger charge is 2.01. The number of nitrogens with zero attached hydrogens (tertiary/aromatic N) is 2. The fourth-order valence-corrected chi connectivity index (χ4v) is 2.06. The molecule has 0 aliphatic heterocycles. The number of rotatable bonds is 6. The lowest BCUT2D eigenvalue weighted by Crippen LogP contribution is -2.18. The van der Waals surface area contributed by atoms with E-state index in [0.29, 0.717) is 6.61 Å². The summed E-state index contributed by atoms with van der Waals surface area (Å²) in [4.78, 5) is 9.80. The molecule has 0 aromatic carbocycles. The number of aromatic nitrogens is 2. The Bertz CT molecular complexity index is 428. The Morgan fingerprint density at radius 1 is 1.35 bits per heavy atom. The zero-order valence-electron chi connectivity index (χ0n) is 9.72. The Kier molecular flexibility index (Phi) is 4.61. The number of hydrogen-bond acceptors (Lipinski definition) is 5. The molecule has 0 saturated heterocycles. The molecule has 5 heteroatoms. The van der Waals surface area contributed by atoms with Gasteiger partial charge in [-0.25, -0.2) is 9.97 Å². The van der Waals surface area contributed by atoms with Crippen molar-refractivity contribution in [1.29, 1.82) is 0 Å². The van der Waals surface area contributed by atoms with Crippen LogP contribution < -0.4 is 5.32 Å². The van der Waals surface area contributed by atoms with Gasteiger partial charge in [-0.1, -0.05) is 6.07 Å². The minimum absolute atomic E-state index is 0.716. The van der Waals surface area contributed by atoms with Crippen LogP contribution in [-0.2, 0) is 11.3 Å². The lowest BCUT2D eigenvalue weighted by molar-refractivity contribution is 0.199. The van der Waals surface area contributed by atoms with Crippen LogP contribution in [0, 0.1) is 0 Å². The molecule has 90 valence electrons. The third-order valence-corrected chi connectivity index (χ3v) is 3.12. The number of thiophene rings is 1. The van der Waals surface area contributed by atoms with E-state index in [1.165, 1.54) is 0 Å². The molecule has 0 fully saturated rings. The van der Waals surface area contributed by atoms with Crippen molar-refractivity contribution in [3.05, 3.63) is 35.5 Å². The first-order valence-electron chi connectivity index (χ1n) is 5.44. The monoisotopic (exact) mass is 249 g/mol. The minimum atomic E-state index is 0.716. The lowest BCUT2D eigenvalue weighted by atomic mass is 10.3. The summed E-state index contributed by atoms with van der Waals surface area (Å²) >= 11 is 1.65. The van der Waals surface area contributed by atoms with E-state index in [4.69, 9.17) is 4.74 Å². The van der Waals surface area contributed by atoms with E-state index in [1.807, 2.05) is 29.9 Å². The molecule has 1 N–H and O–H groups in total. The molecule has 2 aromatic heterocycles. The van der Waals surface area contributed by atoms with Gasteiger partial charge in [0.25, 0.3) is 0 Å². The fraction of sp³-hybridized carbons (Fsp3) is 0.333. The molecule has 0 atom stereocenters. The highest BCUT2D eigenvalue weighted by atomic mass is 32.1. The van der Waals surface area contributed by atoms with Crippen molar-refractivity contribution < 1.29 is 4.74 Å². The molecule has 0 unspecified atom stereocenters. The SMILES string of the molecule is COCCNCc1cnc(-c2cccs2)nc1. The van der Waals surface area contributed by atoms with E-state index < -0.39 is 0 Å². The van der Waals surface area contributed by atoms with Crippen molar-refractivity contribution in [2.45, 2.75) is 6.54 Å². The topological polar surface area (TPSA) is 47.0 Å². The van der Waals surface area contributed by atoms with Gasteiger partial charge < -0.3 is 10.1 Å². The van der Waals surface area contributed by atoms with E-state index in [9.17, 15) is 0 Å². The first-order chi connectivity index (χ1) is 8.40. The maximum absolute atomic E-state index is 4.96. The van der Waals surface area contributed by atoms with Crippen LogP contribution in [0.5, 0.6) is 0 Å². The Labute approximate surface area is 105 Å². The molecule has 0 bridgehead atoms. The van der Waals surface area contributed by atoms with Gasteiger partial charge in [0.1, 0.15) is 0 Å². The molecule has 0 spiro atoms. The first-order valence-corrected chi connectivity index (χ1v) is 6.32. The number of ether oxygens (including phenoxy) is 1. The molecule has 2 aromatic rings. The molecule has 0 aliphatic rings. The maximum Gasteiger partial charge on any atom is 0.169 e. The predicted octanol–water partition coefficient (Wildman–Crippen LogP) is 1.94. The predicted molar refractivity (Wildman–Crippen MR) is 68.9 cm³/mol. The zero-order valence-corrected chi connectivity index (χ0v) is 10.5. The normalized spacial score (nSPS) is 10.6. The van der Waals surface area contributed by atoms with Crippen LogP contribution in [-0.4, -0.2) is 30.2 Å². The molecule has 0 aliphatic carbocycles. The molecule has 0 radical (unpaired) electrons. The molecule has 0 saturated carbocycles. The van der Waals surface area contributed by atoms with Crippen molar-refractivity contribution in [2.24, 2.45) is 0 Å². The molecule has 0 amide bonds. The van der Waals surface area contributed by atoms with Crippen molar-refractivity contribution >= 4 is 11.3 Å². The highest BCUT2D eigenvalue weighted by Crippen LogP contribution is 2.19. The van der Waals surface area contributed by atoms with Gasteiger partial charge in [0.05, 0.1) is 11.5 Å². The molecule has 2 heterocycles. The van der Waals surface area contributed by atoms with Gasteiger partial charge in [0, 0.05) is 38.2 Å². The molecular formula is C12H15N3OS. The second-order valence-corrected chi connectivity index (χ2v) is 4.51. The van der Waals surface area contributed by atoms with Gasteiger partial charge in [-0.15, -0.1) is 11.3 Å². The fourth-order valence-electron chi connectivity index (χ4n) is 1.39. The van der Waals surface area contributed by atoms with Gasteiger partial charge in [-0.3, -0.25) is 0 Å². The Morgan fingerprint density at radius 2 is 2.18 bits per heavy atom. The van der Waals surface area contributed by atoms with Crippen LogP contribution in [0.3, 0.4) is 0 Å². The number of nitrogens with one attached hydrogen (secondary N) is 1. The van der Waals surface area contributed by atoms with E-state index in [2.05, 4.69) is 15.3 Å². The summed E-state index contributed by atoms with van der Waals surface area (Å²) in [7, 11) is 1.70. The minimum Gasteiger partial charge on any atom is -0.383 e. The van der Waals surface area contributed by atoms with E-state index in [-0.39, 0.29) is 0 Å². The second kappa shape index (κ2) is 6.44. The standard InChI is InChI=1S/C12H15N3OS/c1-16-5-4-13-7-10-8-14-12(15-9-10)11-3-2-6-17-11/h2-3,6,8-9,13H,4-5,7H2,1H3. The Morgan fingerprint density at radius 3 is 2.82 bits per heavy atom. The van der Waals surface area contributed by atoms with Crippen molar-refractivity contribution in [2.75, 3.05) is 20.3 Å². The summed E-state index contributed by atoms with van der Waals surface area (Å²) in [5.41, 5.74) is 1.08. The van der Waals surface area contributed by atoms with Gasteiger partial charge in [0.2, 0.25) is 0 Å². The zero-order chi connectivity index (χ0) is 11.9. The van der Waals surface area contributed by atoms with Crippen molar-refractivity contribution in [1.82, 2.24) is 15.3 Å².